The van der Waals surface area contributed by atoms with E-state index in [9.17, 15) is 9.18 Å². The molecule has 164 valence electrons. The fourth-order valence-electron chi connectivity index (χ4n) is 3.54. The van der Waals surface area contributed by atoms with Crippen molar-refractivity contribution < 1.29 is 9.18 Å². The number of nitrogens with zero attached hydrogens (tertiary/aromatic N) is 4. The average Bonchev–Trinajstić information content (AvgIpc) is 2.81. The molecule has 0 bridgehead atoms. The molecule has 1 aromatic heterocycles. The van der Waals surface area contributed by atoms with Gasteiger partial charge in [0.05, 0.1) is 6.20 Å². The van der Waals surface area contributed by atoms with Crippen molar-refractivity contribution >= 4 is 28.9 Å². The number of carbonyl (C=O) groups is 1. The Labute approximate surface area is 186 Å². The Morgan fingerprint density at radius 3 is 2.62 bits per heavy atom. The smallest absolute Gasteiger partial charge is 0.247 e. The van der Waals surface area contributed by atoms with E-state index in [2.05, 4.69) is 50.1 Å². The van der Waals surface area contributed by atoms with E-state index in [1.807, 2.05) is 18.2 Å². The number of halogens is 1. The van der Waals surface area contributed by atoms with Crippen LogP contribution in [0, 0.1) is 5.82 Å². The summed E-state index contributed by atoms with van der Waals surface area (Å²) in [6.07, 6.45) is 2.32. The molecule has 1 amide bonds. The maximum Gasteiger partial charge on any atom is 0.247 e. The molecule has 1 aliphatic heterocycles. The molecule has 0 atom stereocenters. The molecule has 1 fully saturated rings. The van der Waals surface area contributed by atoms with Crippen LogP contribution >= 0.6 is 0 Å². The zero-order valence-corrected chi connectivity index (χ0v) is 17.9. The van der Waals surface area contributed by atoms with Crippen molar-refractivity contribution in [2.45, 2.75) is 0 Å². The fourth-order valence-corrected chi connectivity index (χ4v) is 3.54. The van der Waals surface area contributed by atoms with Crippen molar-refractivity contribution in [3.63, 3.8) is 0 Å². The zero-order chi connectivity index (χ0) is 22.5. The first-order chi connectivity index (χ1) is 15.5. The molecule has 0 saturated carbocycles. The van der Waals surface area contributed by atoms with Crippen molar-refractivity contribution in [3.8, 4) is 11.3 Å². The highest BCUT2D eigenvalue weighted by atomic mass is 19.1. The van der Waals surface area contributed by atoms with Gasteiger partial charge in [-0.15, -0.1) is 0 Å². The third kappa shape index (κ3) is 5.09. The van der Waals surface area contributed by atoms with Crippen molar-refractivity contribution in [3.05, 3.63) is 73.2 Å². The van der Waals surface area contributed by atoms with Crippen LogP contribution in [0.15, 0.2) is 67.4 Å². The van der Waals surface area contributed by atoms with Crippen molar-refractivity contribution in [2.24, 2.45) is 0 Å². The van der Waals surface area contributed by atoms with Gasteiger partial charge in [0.25, 0.3) is 0 Å². The number of carbonyl (C=O) groups excluding carboxylic acids is 1. The predicted octanol–water partition coefficient (Wildman–Crippen LogP) is 3.90. The molecular formula is C24H25FN6O. The maximum atomic E-state index is 14.5. The predicted molar refractivity (Wildman–Crippen MR) is 126 cm³/mol. The van der Waals surface area contributed by atoms with E-state index in [1.54, 1.807) is 24.3 Å². The number of hydrogen-bond acceptors (Lipinski definition) is 6. The molecule has 1 aliphatic rings. The summed E-state index contributed by atoms with van der Waals surface area (Å²) < 4.78 is 14.5. The first-order valence-electron chi connectivity index (χ1n) is 10.4. The molecule has 4 rings (SSSR count). The summed E-state index contributed by atoms with van der Waals surface area (Å²) >= 11 is 0. The second kappa shape index (κ2) is 9.57. The molecule has 1 saturated heterocycles. The molecule has 0 aliphatic carbocycles. The van der Waals surface area contributed by atoms with Gasteiger partial charge in [-0.25, -0.2) is 14.4 Å². The summed E-state index contributed by atoms with van der Waals surface area (Å²) in [6.45, 7) is 7.42. The normalized spacial score (nSPS) is 14.1. The summed E-state index contributed by atoms with van der Waals surface area (Å²) in [5, 5.41) is 5.85. The van der Waals surface area contributed by atoms with E-state index in [0.717, 1.165) is 43.8 Å². The van der Waals surface area contributed by atoms with Gasteiger partial charge in [0.2, 0.25) is 11.9 Å². The zero-order valence-electron chi connectivity index (χ0n) is 17.9. The fraction of sp³-hybridized carbons (Fsp3) is 0.208. The first-order valence-corrected chi connectivity index (χ1v) is 10.4. The van der Waals surface area contributed by atoms with Crippen LogP contribution < -0.4 is 15.5 Å². The monoisotopic (exact) mass is 432 g/mol. The Kier molecular flexibility index (Phi) is 6.42. The van der Waals surface area contributed by atoms with E-state index in [4.69, 9.17) is 0 Å². The Bertz CT molecular complexity index is 1130. The highest BCUT2D eigenvalue weighted by molar-refractivity contribution is 5.99. The van der Waals surface area contributed by atoms with E-state index in [1.165, 1.54) is 6.08 Å². The molecule has 0 radical (unpaired) electrons. The van der Waals surface area contributed by atoms with Gasteiger partial charge in [-0.05, 0) is 43.5 Å². The van der Waals surface area contributed by atoms with E-state index in [0.29, 0.717) is 11.3 Å². The molecular weight excluding hydrogens is 407 g/mol. The standard InChI is InChI=1S/C24H25FN6O/c1-3-22(32)27-18-7-4-6-17(14-18)23-21(25)16-26-24(29-23)28-19-8-5-9-20(15-19)31-12-10-30(2)11-13-31/h3-9,14-16H,1,10-13H2,2H3,(H,27,32)(H,26,28,29). The van der Waals surface area contributed by atoms with Crippen LogP contribution in [0.4, 0.5) is 27.4 Å². The van der Waals surface area contributed by atoms with Gasteiger partial charge in [0, 0.05) is 48.8 Å². The van der Waals surface area contributed by atoms with Gasteiger partial charge in [-0.3, -0.25) is 4.79 Å². The van der Waals surface area contributed by atoms with E-state index < -0.39 is 5.82 Å². The first kappa shape index (κ1) is 21.5. The Morgan fingerprint density at radius 2 is 1.84 bits per heavy atom. The quantitative estimate of drug-likeness (QED) is 0.576. The molecule has 0 spiro atoms. The average molecular weight is 433 g/mol. The van der Waals surface area contributed by atoms with Gasteiger partial charge >= 0.3 is 0 Å². The van der Waals surface area contributed by atoms with Crippen LogP contribution in [0.5, 0.6) is 0 Å². The lowest BCUT2D eigenvalue weighted by Gasteiger charge is -2.34. The second-order valence-corrected chi connectivity index (χ2v) is 7.63. The second-order valence-electron chi connectivity index (χ2n) is 7.63. The lowest BCUT2D eigenvalue weighted by molar-refractivity contribution is -0.111. The summed E-state index contributed by atoms with van der Waals surface area (Å²) in [4.78, 5) is 24.7. The summed E-state index contributed by atoms with van der Waals surface area (Å²) in [5.41, 5.74) is 3.15. The minimum absolute atomic E-state index is 0.146. The number of hydrogen-bond donors (Lipinski definition) is 2. The molecule has 0 unspecified atom stereocenters. The van der Waals surface area contributed by atoms with Crippen LogP contribution in [-0.4, -0.2) is 54.0 Å². The topological polar surface area (TPSA) is 73.4 Å². The lowest BCUT2D eigenvalue weighted by atomic mass is 10.1. The third-order valence-electron chi connectivity index (χ3n) is 5.30. The molecule has 32 heavy (non-hydrogen) atoms. The van der Waals surface area contributed by atoms with Gasteiger partial charge in [-0.1, -0.05) is 24.8 Å². The Balaban J connectivity index is 1.55. The van der Waals surface area contributed by atoms with Crippen LogP contribution in [0.3, 0.4) is 0 Å². The van der Waals surface area contributed by atoms with Gasteiger partial charge in [0.1, 0.15) is 5.69 Å². The molecule has 3 aromatic rings. The molecule has 7 nitrogen and oxygen atoms in total. The molecule has 2 heterocycles. The summed E-state index contributed by atoms with van der Waals surface area (Å²) in [5.74, 6) is -0.598. The summed E-state index contributed by atoms with van der Waals surface area (Å²) in [7, 11) is 2.13. The number of piperazine rings is 1. The van der Waals surface area contributed by atoms with Crippen molar-refractivity contribution in [1.82, 2.24) is 14.9 Å². The lowest BCUT2D eigenvalue weighted by Crippen LogP contribution is -2.44. The van der Waals surface area contributed by atoms with Crippen LogP contribution in [-0.2, 0) is 4.79 Å². The summed E-state index contributed by atoms with van der Waals surface area (Å²) in [6, 6.07) is 14.9. The molecule has 2 aromatic carbocycles. The largest absolute Gasteiger partial charge is 0.369 e. The molecule has 8 heteroatoms. The Hall–Kier alpha value is -3.78. The van der Waals surface area contributed by atoms with Gasteiger partial charge in [0.15, 0.2) is 5.82 Å². The minimum atomic E-state index is -0.547. The van der Waals surface area contributed by atoms with Gasteiger partial charge < -0.3 is 20.4 Å². The number of likely N-dealkylation sites (N-methyl/N-ethyl adjacent to an activating group) is 1. The minimum Gasteiger partial charge on any atom is -0.369 e. The third-order valence-corrected chi connectivity index (χ3v) is 5.30. The highest BCUT2D eigenvalue weighted by Gasteiger charge is 2.15. The number of amides is 1. The molecule has 2 N–H and O–H groups in total. The van der Waals surface area contributed by atoms with Crippen LogP contribution in [0.25, 0.3) is 11.3 Å². The van der Waals surface area contributed by atoms with Crippen molar-refractivity contribution in [1.29, 1.82) is 0 Å². The number of anilines is 4. The highest BCUT2D eigenvalue weighted by Crippen LogP contribution is 2.26. The van der Waals surface area contributed by atoms with E-state index >= 15 is 0 Å². The van der Waals surface area contributed by atoms with Crippen LogP contribution in [0.2, 0.25) is 0 Å². The van der Waals surface area contributed by atoms with E-state index in [-0.39, 0.29) is 17.5 Å². The number of rotatable bonds is 6. The van der Waals surface area contributed by atoms with Gasteiger partial charge in [-0.2, -0.15) is 0 Å². The van der Waals surface area contributed by atoms with Crippen molar-refractivity contribution in [2.75, 3.05) is 48.8 Å². The SMILES string of the molecule is C=CC(=O)Nc1cccc(-c2nc(Nc3cccc(N4CCN(C)CC4)c3)ncc2F)c1. The maximum absolute atomic E-state index is 14.5. The number of nitrogens with one attached hydrogen (secondary N) is 2. The number of aromatic nitrogens is 2. The van der Waals surface area contributed by atoms with Crippen LogP contribution in [0.1, 0.15) is 0 Å². The Morgan fingerprint density at radius 1 is 1.09 bits per heavy atom. The number of benzene rings is 2.